The molecule has 2 saturated heterocycles. The minimum absolute atomic E-state index is 0.0675. The highest BCUT2D eigenvalue weighted by Crippen LogP contribution is 2.39. The van der Waals surface area contributed by atoms with Crippen molar-refractivity contribution in [3.63, 3.8) is 0 Å². The number of hydrogen-bond donors (Lipinski definition) is 0. The number of barbiturate groups is 2. The fourth-order valence-electron chi connectivity index (χ4n) is 4.49. The number of nitrogens with zero attached hydrogens (tertiary/aromatic N) is 4. The molecule has 8 amide bonds. The predicted octanol–water partition coefficient (Wildman–Crippen LogP) is 4.32. The third kappa shape index (κ3) is 4.81. The van der Waals surface area contributed by atoms with Crippen molar-refractivity contribution in [1.82, 2.24) is 19.6 Å². The molecule has 0 unspecified atom stereocenters. The van der Waals surface area contributed by atoms with Crippen LogP contribution in [0.3, 0.4) is 0 Å². The first-order chi connectivity index (χ1) is 19.4. The molecule has 0 saturated carbocycles. The second kappa shape index (κ2) is 10.4. The number of benzene rings is 1. The molecule has 1 aromatic carbocycles. The number of carbonyl (C=O) groups excluding carboxylic acids is 6. The molecule has 2 aromatic heterocycles. The summed E-state index contributed by atoms with van der Waals surface area (Å²) in [6, 6.07) is 12.0. The summed E-state index contributed by atoms with van der Waals surface area (Å²) in [7, 11) is 5.36. The van der Waals surface area contributed by atoms with Crippen LogP contribution in [0, 0.1) is 6.92 Å². The number of imide groups is 4. The maximum Gasteiger partial charge on any atom is 0.333 e. The lowest BCUT2D eigenvalue weighted by Gasteiger charge is -2.28. The standard InChI is InChI=1S/C29H24N4O6S2/c1-15-12-16(13-19-24(34)30(2)28(38)31(3)25(19)35)6-8-18(15)21-10-11-23(41-21)22-9-7-17(40-22)14-20-26(36)32(4)29(39)33(5)27(20)37/h6-14H,1-5H3. The summed E-state index contributed by atoms with van der Waals surface area (Å²) < 4.78 is 0. The van der Waals surface area contributed by atoms with Gasteiger partial charge in [0.2, 0.25) is 0 Å². The molecule has 0 aliphatic carbocycles. The summed E-state index contributed by atoms with van der Waals surface area (Å²) in [6.45, 7) is 1.94. The molecule has 0 bridgehead atoms. The van der Waals surface area contributed by atoms with Crippen LogP contribution in [0.15, 0.2) is 53.6 Å². The third-order valence-electron chi connectivity index (χ3n) is 6.88. The molecule has 2 aliphatic heterocycles. The number of rotatable bonds is 4. The highest BCUT2D eigenvalue weighted by Gasteiger charge is 2.38. The van der Waals surface area contributed by atoms with Gasteiger partial charge in [0.15, 0.2) is 0 Å². The Bertz CT molecular complexity index is 1690. The Labute approximate surface area is 243 Å². The van der Waals surface area contributed by atoms with Crippen LogP contribution in [0.4, 0.5) is 9.59 Å². The molecule has 0 atom stereocenters. The summed E-state index contributed by atoms with van der Waals surface area (Å²) in [5.41, 5.74) is 2.45. The average Bonchev–Trinajstić information content (AvgIpc) is 3.63. The highest BCUT2D eigenvalue weighted by molar-refractivity contribution is 7.24. The van der Waals surface area contributed by atoms with Crippen LogP contribution in [0.1, 0.15) is 16.0 Å². The lowest BCUT2D eigenvalue weighted by atomic mass is 10.0. The Morgan fingerprint density at radius 2 is 1.02 bits per heavy atom. The second-order valence-electron chi connectivity index (χ2n) is 9.58. The lowest BCUT2D eigenvalue weighted by molar-refractivity contribution is -0.135. The summed E-state index contributed by atoms with van der Waals surface area (Å²) in [4.78, 5) is 81.4. The van der Waals surface area contributed by atoms with Gasteiger partial charge in [-0.1, -0.05) is 18.2 Å². The van der Waals surface area contributed by atoms with Gasteiger partial charge in [-0.05, 0) is 60.0 Å². The first-order valence-corrected chi connectivity index (χ1v) is 14.0. The van der Waals surface area contributed by atoms with E-state index in [2.05, 4.69) is 0 Å². The predicted molar refractivity (Wildman–Crippen MR) is 156 cm³/mol. The molecule has 0 spiro atoms. The number of likely N-dealkylation sites (N-methyl/N-ethyl adjacent to an activating group) is 4. The minimum Gasteiger partial charge on any atom is -0.268 e. The number of thiophene rings is 2. The Kier molecular flexibility index (Phi) is 7.05. The van der Waals surface area contributed by atoms with Crippen molar-refractivity contribution in [3.8, 4) is 20.2 Å². The van der Waals surface area contributed by atoms with E-state index in [1.807, 2.05) is 49.4 Å². The fourth-order valence-corrected chi connectivity index (χ4v) is 6.63. The van der Waals surface area contributed by atoms with Crippen LogP contribution in [0.5, 0.6) is 0 Å². The maximum absolute atomic E-state index is 12.5. The molecular formula is C29H24N4O6S2. The van der Waals surface area contributed by atoms with Gasteiger partial charge in [-0.25, -0.2) is 9.59 Å². The Morgan fingerprint density at radius 1 is 0.561 bits per heavy atom. The molecule has 3 aromatic rings. The van der Waals surface area contributed by atoms with E-state index in [0.717, 1.165) is 45.4 Å². The average molecular weight is 589 g/mol. The first kappa shape index (κ1) is 27.9. The monoisotopic (exact) mass is 588 g/mol. The van der Waals surface area contributed by atoms with E-state index in [-0.39, 0.29) is 11.1 Å². The highest BCUT2D eigenvalue weighted by atomic mass is 32.1. The van der Waals surface area contributed by atoms with Crippen LogP contribution in [0.2, 0.25) is 0 Å². The van der Waals surface area contributed by atoms with Gasteiger partial charge in [0, 0.05) is 47.7 Å². The van der Waals surface area contributed by atoms with Crippen molar-refractivity contribution >= 4 is 70.5 Å². The summed E-state index contributed by atoms with van der Waals surface area (Å²) in [6.07, 6.45) is 3.01. The zero-order valence-electron chi connectivity index (χ0n) is 22.8. The normalized spacial score (nSPS) is 16.4. The van der Waals surface area contributed by atoms with Gasteiger partial charge in [0.1, 0.15) is 11.1 Å². The minimum atomic E-state index is -0.667. The number of amides is 8. The van der Waals surface area contributed by atoms with E-state index in [4.69, 9.17) is 0 Å². The van der Waals surface area contributed by atoms with Crippen LogP contribution < -0.4 is 0 Å². The number of hydrogen-bond acceptors (Lipinski definition) is 8. The van der Waals surface area contributed by atoms with E-state index in [9.17, 15) is 28.8 Å². The molecule has 2 fully saturated rings. The van der Waals surface area contributed by atoms with Gasteiger partial charge in [-0.2, -0.15) is 0 Å². The number of urea groups is 2. The van der Waals surface area contributed by atoms with Crippen LogP contribution in [0.25, 0.3) is 32.3 Å². The fraction of sp³-hybridized carbons (Fsp3) is 0.172. The smallest absolute Gasteiger partial charge is 0.268 e. The molecule has 41 heavy (non-hydrogen) atoms. The van der Waals surface area contributed by atoms with Gasteiger partial charge in [0.05, 0.1) is 0 Å². The van der Waals surface area contributed by atoms with Crippen molar-refractivity contribution in [1.29, 1.82) is 0 Å². The SMILES string of the molecule is Cc1cc(C=C2C(=O)N(C)C(=O)N(C)C2=O)ccc1-c1ccc(-c2ccc(C=C3C(=O)N(C)C(=O)N(C)C3=O)s2)s1. The van der Waals surface area contributed by atoms with Gasteiger partial charge in [0.25, 0.3) is 23.6 Å². The molecule has 0 radical (unpaired) electrons. The van der Waals surface area contributed by atoms with Crippen molar-refractivity contribution in [2.45, 2.75) is 6.92 Å². The Hall–Kier alpha value is -4.68. The summed E-state index contributed by atoms with van der Waals surface area (Å²) >= 11 is 3.00. The van der Waals surface area contributed by atoms with Gasteiger partial charge in [-0.3, -0.25) is 38.8 Å². The van der Waals surface area contributed by atoms with Gasteiger partial charge < -0.3 is 0 Å². The largest absolute Gasteiger partial charge is 0.333 e. The Morgan fingerprint density at radius 3 is 1.56 bits per heavy atom. The third-order valence-corrected chi connectivity index (χ3v) is 9.22. The quantitative estimate of drug-likeness (QED) is 0.331. The summed E-state index contributed by atoms with van der Waals surface area (Å²) in [5, 5.41) is 0. The van der Waals surface area contributed by atoms with E-state index in [1.165, 1.54) is 51.7 Å². The van der Waals surface area contributed by atoms with E-state index in [0.29, 0.717) is 10.4 Å². The first-order valence-electron chi connectivity index (χ1n) is 12.3. The van der Waals surface area contributed by atoms with Crippen LogP contribution >= 0.6 is 22.7 Å². The van der Waals surface area contributed by atoms with E-state index in [1.54, 1.807) is 11.3 Å². The van der Waals surface area contributed by atoms with Crippen LogP contribution in [-0.2, 0) is 19.2 Å². The van der Waals surface area contributed by atoms with Crippen molar-refractivity contribution in [2.75, 3.05) is 28.2 Å². The van der Waals surface area contributed by atoms with Gasteiger partial charge in [-0.15, -0.1) is 22.7 Å². The van der Waals surface area contributed by atoms with Crippen LogP contribution in [-0.4, -0.2) is 83.5 Å². The lowest BCUT2D eigenvalue weighted by Crippen LogP contribution is -2.52. The molecule has 10 nitrogen and oxygen atoms in total. The molecule has 0 N–H and O–H groups in total. The second-order valence-corrected chi connectivity index (χ2v) is 11.8. The summed E-state index contributed by atoms with van der Waals surface area (Å²) in [5.74, 6) is -2.55. The zero-order valence-corrected chi connectivity index (χ0v) is 24.4. The zero-order chi connectivity index (χ0) is 29.7. The topological polar surface area (TPSA) is 115 Å². The number of carbonyl (C=O) groups is 6. The molecule has 5 rings (SSSR count). The molecule has 208 valence electrons. The van der Waals surface area contributed by atoms with Gasteiger partial charge >= 0.3 is 12.1 Å². The van der Waals surface area contributed by atoms with Crippen molar-refractivity contribution in [2.24, 2.45) is 0 Å². The molecule has 2 aliphatic rings. The number of aryl methyl sites for hydroxylation is 1. The van der Waals surface area contributed by atoms with Crippen molar-refractivity contribution < 1.29 is 28.8 Å². The molecular weight excluding hydrogens is 564 g/mol. The van der Waals surface area contributed by atoms with Crippen molar-refractivity contribution in [3.05, 3.63) is 69.6 Å². The van der Waals surface area contributed by atoms with E-state index < -0.39 is 35.7 Å². The molecule has 12 heteroatoms. The molecule has 4 heterocycles. The maximum atomic E-state index is 12.5. The Balaban J connectivity index is 1.38. The van der Waals surface area contributed by atoms with E-state index >= 15 is 0 Å².